The smallest absolute Gasteiger partial charge is 0.224 e. The summed E-state index contributed by atoms with van der Waals surface area (Å²) in [6.07, 6.45) is 5.79. The maximum absolute atomic E-state index is 12.4. The summed E-state index contributed by atoms with van der Waals surface area (Å²) in [5.41, 5.74) is 2.16. The standard InChI is InChI=1S/C22H31N3O/c1-17-12-18(2)15-24(14-17)16-19(3)23-22(26)13-20-6-8-21(9-7-20)25-10-4-5-11-25/h4-11,17-19H,12-16H2,1-3H3,(H,23,26). The number of aromatic nitrogens is 1. The molecule has 1 aromatic heterocycles. The molecular formula is C22H31N3O. The Morgan fingerprint density at radius 3 is 2.35 bits per heavy atom. The zero-order valence-electron chi connectivity index (χ0n) is 16.2. The first-order valence-electron chi connectivity index (χ1n) is 9.73. The van der Waals surface area contributed by atoms with E-state index in [1.807, 2.05) is 36.7 Å². The van der Waals surface area contributed by atoms with Crippen LogP contribution in [0.1, 0.15) is 32.8 Å². The van der Waals surface area contributed by atoms with Gasteiger partial charge in [0.05, 0.1) is 6.42 Å². The lowest BCUT2D eigenvalue weighted by molar-refractivity contribution is -0.121. The summed E-state index contributed by atoms with van der Waals surface area (Å²) < 4.78 is 2.06. The zero-order chi connectivity index (χ0) is 18.5. The van der Waals surface area contributed by atoms with Crippen LogP contribution in [0.4, 0.5) is 0 Å². The van der Waals surface area contributed by atoms with E-state index in [0.717, 1.165) is 42.7 Å². The number of benzene rings is 1. The highest BCUT2D eigenvalue weighted by Crippen LogP contribution is 2.20. The SMILES string of the molecule is CC1CC(C)CN(CC(C)NC(=O)Cc2ccc(-n3cccc3)cc2)C1. The molecule has 3 unspecified atom stereocenters. The second-order valence-corrected chi connectivity index (χ2v) is 8.07. The molecule has 0 aliphatic carbocycles. The number of rotatable bonds is 6. The number of nitrogens with one attached hydrogen (secondary N) is 1. The average molecular weight is 354 g/mol. The summed E-state index contributed by atoms with van der Waals surface area (Å²) in [5.74, 6) is 1.60. The van der Waals surface area contributed by atoms with Crippen molar-refractivity contribution in [2.45, 2.75) is 39.7 Å². The van der Waals surface area contributed by atoms with Crippen LogP contribution in [0.5, 0.6) is 0 Å². The lowest BCUT2D eigenvalue weighted by Gasteiger charge is -2.36. The average Bonchev–Trinajstić information content (AvgIpc) is 3.08. The number of hydrogen-bond donors (Lipinski definition) is 1. The summed E-state index contributed by atoms with van der Waals surface area (Å²) in [5, 5.41) is 3.16. The van der Waals surface area contributed by atoms with Crippen LogP contribution in [-0.2, 0) is 11.2 Å². The number of likely N-dealkylation sites (tertiary alicyclic amines) is 1. The van der Waals surface area contributed by atoms with Crippen molar-refractivity contribution >= 4 is 5.91 Å². The van der Waals surface area contributed by atoms with E-state index in [2.05, 4.69) is 47.7 Å². The van der Waals surface area contributed by atoms with Crippen LogP contribution in [-0.4, -0.2) is 41.1 Å². The van der Waals surface area contributed by atoms with Crippen LogP contribution in [0.3, 0.4) is 0 Å². The minimum Gasteiger partial charge on any atom is -0.352 e. The number of hydrogen-bond acceptors (Lipinski definition) is 2. The van der Waals surface area contributed by atoms with Crippen LogP contribution in [0.2, 0.25) is 0 Å². The molecule has 4 nitrogen and oxygen atoms in total. The fraction of sp³-hybridized carbons (Fsp3) is 0.500. The van der Waals surface area contributed by atoms with Gasteiger partial charge in [-0.3, -0.25) is 4.79 Å². The predicted octanol–water partition coefficient (Wildman–Crippen LogP) is 3.50. The summed E-state index contributed by atoms with van der Waals surface area (Å²) in [6, 6.07) is 12.4. The van der Waals surface area contributed by atoms with Gasteiger partial charge < -0.3 is 14.8 Å². The molecule has 26 heavy (non-hydrogen) atoms. The second kappa shape index (κ2) is 8.54. The van der Waals surface area contributed by atoms with E-state index < -0.39 is 0 Å². The third-order valence-corrected chi connectivity index (χ3v) is 5.09. The maximum Gasteiger partial charge on any atom is 0.224 e. The lowest BCUT2D eigenvalue weighted by Crippen LogP contribution is -2.47. The lowest BCUT2D eigenvalue weighted by atomic mass is 9.92. The van der Waals surface area contributed by atoms with Gasteiger partial charge in [-0.1, -0.05) is 26.0 Å². The first-order chi connectivity index (χ1) is 12.5. The number of carbonyl (C=O) groups is 1. The van der Waals surface area contributed by atoms with Crippen LogP contribution in [0.15, 0.2) is 48.8 Å². The molecule has 2 aromatic rings. The van der Waals surface area contributed by atoms with E-state index in [4.69, 9.17) is 0 Å². The number of amides is 1. The van der Waals surface area contributed by atoms with E-state index in [-0.39, 0.29) is 11.9 Å². The molecule has 0 spiro atoms. The van der Waals surface area contributed by atoms with E-state index in [0.29, 0.717) is 6.42 Å². The van der Waals surface area contributed by atoms with Gasteiger partial charge in [-0.15, -0.1) is 0 Å². The van der Waals surface area contributed by atoms with E-state index in [9.17, 15) is 4.79 Å². The molecule has 140 valence electrons. The molecule has 1 N–H and O–H groups in total. The quantitative estimate of drug-likeness (QED) is 0.863. The highest BCUT2D eigenvalue weighted by molar-refractivity contribution is 5.78. The summed E-state index contributed by atoms with van der Waals surface area (Å²) in [6.45, 7) is 9.98. The van der Waals surface area contributed by atoms with Gasteiger partial charge >= 0.3 is 0 Å². The minimum atomic E-state index is 0.101. The largest absolute Gasteiger partial charge is 0.352 e. The molecule has 4 heteroatoms. The number of piperidine rings is 1. The van der Waals surface area contributed by atoms with Gasteiger partial charge in [-0.25, -0.2) is 0 Å². The van der Waals surface area contributed by atoms with Gasteiger partial charge in [0.1, 0.15) is 0 Å². The highest BCUT2D eigenvalue weighted by atomic mass is 16.1. The van der Waals surface area contributed by atoms with Crippen molar-refractivity contribution in [2.75, 3.05) is 19.6 Å². The van der Waals surface area contributed by atoms with Gasteiger partial charge in [0.2, 0.25) is 5.91 Å². The van der Waals surface area contributed by atoms with Crippen molar-refractivity contribution in [3.05, 3.63) is 54.4 Å². The monoisotopic (exact) mass is 353 g/mol. The topological polar surface area (TPSA) is 37.3 Å². The molecule has 0 radical (unpaired) electrons. The Labute approximate surface area is 157 Å². The van der Waals surface area contributed by atoms with Crippen LogP contribution >= 0.6 is 0 Å². The molecule has 0 bridgehead atoms. The van der Waals surface area contributed by atoms with Gasteiger partial charge in [-0.05, 0) is 55.0 Å². The third-order valence-electron chi connectivity index (χ3n) is 5.09. The molecule has 1 aliphatic heterocycles. The van der Waals surface area contributed by atoms with E-state index >= 15 is 0 Å². The normalized spacial score (nSPS) is 22.1. The Bertz CT molecular complexity index is 683. The second-order valence-electron chi connectivity index (χ2n) is 8.07. The Hall–Kier alpha value is -2.07. The first-order valence-corrected chi connectivity index (χ1v) is 9.73. The summed E-state index contributed by atoms with van der Waals surface area (Å²) in [7, 11) is 0. The van der Waals surface area contributed by atoms with Crippen molar-refractivity contribution in [1.82, 2.24) is 14.8 Å². The predicted molar refractivity (Wildman–Crippen MR) is 106 cm³/mol. The van der Waals surface area contributed by atoms with Crippen molar-refractivity contribution in [2.24, 2.45) is 11.8 Å². The highest BCUT2D eigenvalue weighted by Gasteiger charge is 2.23. The Morgan fingerprint density at radius 1 is 1.12 bits per heavy atom. The van der Waals surface area contributed by atoms with Crippen molar-refractivity contribution < 1.29 is 4.79 Å². The zero-order valence-corrected chi connectivity index (χ0v) is 16.2. The molecule has 0 saturated carbocycles. The van der Waals surface area contributed by atoms with Crippen molar-refractivity contribution in [3.8, 4) is 5.69 Å². The minimum absolute atomic E-state index is 0.101. The van der Waals surface area contributed by atoms with Gasteiger partial charge in [0.25, 0.3) is 0 Å². The number of nitrogens with zero attached hydrogens (tertiary/aromatic N) is 2. The van der Waals surface area contributed by atoms with E-state index in [1.165, 1.54) is 6.42 Å². The molecular weight excluding hydrogens is 322 g/mol. The van der Waals surface area contributed by atoms with Crippen LogP contribution < -0.4 is 5.32 Å². The molecule has 1 aliphatic rings. The molecule has 3 rings (SSSR count). The Balaban J connectivity index is 1.47. The van der Waals surface area contributed by atoms with E-state index in [1.54, 1.807) is 0 Å². The van der Waals surface area contributed by atoms with Crippen LogP contribution in [0, 0.1) is 11.8 Å². The molecule has 1 saturated heterocycles. The molecule has 3 atom stereocenters. The van der Waals surface area contributed by atoms with Crippen LogP contribution in [0.25, 0.3) is 5.69 Å². The first kappa shape index (κ1) is 18.7. The van der Waals surface area contributed by atoms with Gasteiger partial charge in [0.15, 0.2) is 0 Å². The summed E-state index contributed by atoms with van der Waals surface area (Å²) in [4.78, 5) is 14.9. The Kier molecular flexibility index (Phi) is 6.15. The molecule has 2 heterocycles. The molecule has 1 amide bonds. The molecule has 1 aromatic carbocycles. The van der Waals surface area contributed by atoms with Gasteiger partial charge in [-0.2, -0.15) is 0 Å². The fourth-order valence-electron chi connectivity index (χ4n) is 4.18. The Morgan fingerprint density at radius 2 is 1.73 bits per heavy atom. The third kappa shape index (κ3) is 5.21. The summed E-state index contributed by atoms with van der Waals surface area (Å²) >= 11 is 0. The van der Waals surface area contributed by atoms with Gasteiger partial charge in [0, 0.05) is 43.8 Å². The van der Waals surface area contributed by atoms with Crippen molar-refractivity contribution in [1.29, 1.82) is 0 Å². The maximum atomic E-state index is 12.4. The van der Waals surface area contributed by atoms with Crippen molar-refractivity contribution in [3.63, 3.8) is 0 Å². The number of carbonyl (C=O) groups excluding carboxylic acids is 1. The fourth-order valence-corrected chi connectivity index (χ4v) is 4.18. The molecule has 1 fully saturated rings.